The van der Waals surface area contributed by atoms with Gasteiger partial charge in [0.05, 0.1) is 50.4 Å². The molecule has 0 saturated carbocycles. The Morgan fingerprint density at radius 1 is 1.74 bits per heavy atom. The number of nitrogens with two attached hydrogens (primary N) is 1. The average molecular weight is 267 g/mol. The lowest BCUT2D eigenvalue weighted by Gasteiger charge is -2.36. The van der Waals surface area contributed by atoms with Gasteiger partial charge in [0.1, 0.15) is 5.82 Å². The van der Waals surface area contributed by atoms with Crippen LogP contribution in [0.1, 0.15) is 10.4 Å². The summed E-state index contributed by atoms with van der Waals surface area (Å²) in [6.45, 7) is 1.44. The van der Waals surface area contributed by atoms with Crippen molar-refractivity contribution in [2.75, 3.05) is 44.1 Å². The fourth-order valence-electron chi connectivity index (χ4n) is 2.09. The first-order chi connectivity index (χ1) is 9.17. The maximum atomic E-state index is 11.8. The van der Waals surface area contributed by atoms with E-state index in [-0.39, 0.29) is 18.5 Å². The van der Waals surface area contributed by atoms with Crippen LogP contribution in [0.5, 0.6) is 0 Å². The van der Waals surface area contributed by atoms with Crippen molar-refractivity contribution in [1.29, 1.82) is 0 Å². The van der Waals surface area contributed by atoms with E-state index in [9.17, 15) is 9.90 Å². The van der Waals surface area contributed by atoms with Gasteiger partial charge in [0.15, 0.2) is 0 Å². The summed E-state index contributed by atoms with van der Waals surface area (Å²) >= 11 is 0. The number of nitrogens with zero attached hydrogens (tertiary/aromatic N) is 2. The monoisotopic (exact) mass is 267 g/mol. The predicted octanol–water partition coefficient (Wildman–Crippen LogP) is -0.352. The number of rotatable bonds is 3. The van der Waals surface area contributed by atoms with Gasteiger partial charge in [-0.15, -0.1) is 0 Å². The molecule has 1 aromatic rings. The van der Waals surface area contributed by atoms with E-state index >= 15 is 0 Å². The molecule has 1 atom stereocenters. The Bertz CT molecular complexity index is 466. The zero-order valence-electron chi connectivity index (χ0n) is 10.7. The van der Waals surface area contributed by atoms with Gasteiger partial charge in [0.2, 0.25) is 0 Å². The van der Waals surface area contributed by atoms with Crippen molar-refractivity contribution in [3.8, 4) is 0 Å². The summed E-state index contributed by atoms with van der Waals surface area (Å²) in [5.41, 5.74) is 6.55. The Morgan fingerprint density at radius 2 is 2.53 bits per heavy atom. The molecule has 1 fully saturated rings. The van der Waals surface area contributed by atoms with Crippen molar-refractivity contribution in [3.63, 3.8) is 0 Å². The van der Waals surface area contributed by atoms with Crippen molar-refractivity contribution in [2.24, 2.45) is 0 Å². The van der Waals surface area contributed by atoms with Crippen molar-refractivity contribution in [2.45, 2.75) is 6.04 Å². The van der Waals surface area contributed by atoms with Crippen molar-refractivity contribution < 1.29 is 19.4 Å². The molecule has 0 radical (unpaired) electrons. The van der Waals surface area contributed by atoms with Crippen LogP contribution in [0, 0.1) is 0 Å². The van der Waals surface area contributed by atoms with Crippen molar-refractivity contribution in [3.05, 3.63) is 17.8 Å². The number of nitrogen functional groups attached to an aromatic ring is 1. The molecule has 1 aliphatic rings. The van der Waals surface area contributed by atoms with E-state index in [4.69, 9.17) is 15.2 Å². The molecular weight excluding hydrogens is 250 g/mol. The number of anilines is 2. The number of esters is 1. The Morgan fingerprint density at radius 3 is 3.21 bits per heavy atom. The Kier molecular flexibility index (Phi) is 4.18. The zero-order chi connectivity index (χ0) is 13.8. The van der Waals surface area contributed by atoms with Crippen LogP contribution in [-0.2, 0) is 9.47 Å². The summed E-state index contributed by atoms with van der Waals surface area (Å²) in [7, 11) is 1.31. The minimum absolute atomic E-state index is 0.0645. The van der Waals surface area contributed by atoms with Crippen LogP contribution in [0.2, 0.25) is 0 Å². The first-order valence-corrected chi connectivity index (χ1v) is 5.96. The minimum atomic E-state index is -0.479. The molecule has 1 aliphatic heterocycles. The number of hydrogen-bond donors (Lipinski definition) is 2. The Balaban J connectivity index is 2.39. The fraction of sp³-hybridized carbons (Fsp3) is 0.500. The molecule has 7 heteroatoms. The van der Waals surface area contributed by atoms with Crippen molar-refractivity contribution >= 4 is 17.5 Å². The lowest BCUT2D eigenvalue weighted by atomic mass is 10.1. The number of ether oxygens (including phenoxy) is 2. The highest BCUT2D eigenvalue weighted by Crippen LogP contribution is 2.25. The van der Waals surface area contributed by atoms with Gasteiger partial charge in [-0.25, -0.2) is 9.78 Å². The number of pyridine rings is 1. The molecule has 2 heterocycles. The van der Waals surface area contributed by atoms with Crippen LogP contribution in [-0.4, -0.2) is 55.6 Å². The van der Waals surface area contributed by atoms with E-state index in [0.29, 0.717) is 31.0 Å². The lowest BCUT2D eigenvalue weighted by molar-refractivity contribution is 0.0593. The summed E-state index contributed by atoms with van der Waals surface area (Å²) in [6.07, 6.45) is 1.52. The molecule has 0 spiro atoms. The first kappa shape index (κ1) is 13.6. The maximum Gasteiger partial charge on any atom is 0.340 e. The smallest absolute Gasteiger partial charge is 0.340 e. The van der Waals surface area contributed by atoms with Crippen LogP contribution in [0.25, 0.3) is 0 Å². The van der Waals surface area contributed by atoms with E-state index in [0.717, 1.165) is 0 Å². The van der Waals surface area contributed by atoms with Gasteiger partial charge in [0.25, 0.3) is 0 Å². The second-order valence-electron chi connectivity index (χ2n) is 4.22. The number of aliphatic hydroxyl groups is 1. The van der Waals surface area contributed by atoms with E-state index < -0.39 is 5.97 Å². The highest BCUT2D eigenvalue weighted by atomic mass is 16.5. The highest BCUT2D eigenvalue weighted by Gasteiger charge is 2.27. The summed E-state index contributed by atoms with van der Waals surface area (Å²) in [5.74, 6) is -0.231. The van der Waals surface area contributed by atoms with Gasteiger partial charge in [-0.1, -0.05) is 0 Å². The number of carbonyl (C=O) groups is 1. The molecule has 1 saturated heterocycles. The molecule has 104 valence electrons. The van der Waals surface area contributed by atoms with Gasteiger partial charge in [-0.05, 0) is 6.07 Å². The van der Waals surface area contributed by atoms with Crippen LogP contribution < -0.4 is 10.6 Å². The topological polar surface area (TPSA) is 97.9 Å². The summed E-state index contributed by atoms with van der Waals surface area (Å²) in [4.78, 5) is 17.7. The van der Waals surface area contributed by atoms with Gasteiger partial charge in [-0.3, -0.25) is 0 Å². The SMILES string of the molecule is COC(=O)c1cc(N)ncc1N1CCOCC1CO. The molecule has 0 aromatic carbocycles. The standard InChI is InChI=1S/C12H17N3O4/c1-18-12(17)9-4-11(13)14-5-10(9)15-2-3-19-7-8(15)6-16/h4-5,8,16H,2-3,6-7H2,1H3,(H2,13,14). The number of aliphatic hydroxyl groups excluding tert-OH is 1. The third kappa shape index (κ3) is 2.77. The minimum Gasteiger partial charge on any atom is -0.465 e. The second kappa shape index (κ2) is 5.85. The normalized spacial score (nSPS) is 19.3. The summed E-state index contributed by atoms with van der Waals surface area (Å²) in [5, 5.41) is 9.38. The summed E-state index contributed by atoms with van der Waals surface area (Å²) in [6, 6.07) is 1.27. The van der Waals surface area contributed by atoms with Gasteiger partial charge >= 0.3 is 5.97 Å². The molecule has 0 aliphatic carbocycles. The molecule has 19 heavy (non-hydrogen) atoms. The molecule has 1 aromatic heterocycles. The van der Waals surface area contributed by atoms with Crippen LogP contribution >= 0.6 is 0 Å². The number of hydrogen-bond acceptors (Lipinski definition) is 7. The number of methoxy groups -OCH3 is 1. The largest absolute Gasteiger partial charge is 0.465 e. The lowest BCUT2D eigenvalue weighted by Crippen LogP contribution is -2.48. The Hall–Kier alpha value is -1.86. The molecule has 1 unspecified atom stereocenters. The third-order valence-corrected chi connectivity index (χ3v) is 3.06. The maximum absolute atomic E-state index is 11.8. The number of aromatic nitrogens is 1. The van der Waals surface area contributed by atoms with Gasteiger partial charge in [-0.2, -0.15) is 0 Å². The van der Waals surface area contributed by atoms with E-state index in [2.05, 4.69) is 4.98 Å². The zero-order valence-corrected chi connectivity index (χ0v) is 10.7. The Labute approximate surface area is 110 Å². The van der Waals surface area contributed by atoms with Gasteiger partial charge < -0.3 is 25.2 Å². The highest BCUT2D eigenvalue weighted by molar-refractivity contribution is 5.96. The van der Waals surface area contributed by atoms with Crippen molar-refractivity contribution in [1.82, 2.24) is 4.98 Å². The van der Waals surface area contributed by atoms with E-state index in [1.165, 1.54) is 19.4 Å². The fourth-order valence-corrected chi connectivity index (χ4v) is 2.09. The molecular formula is C12H17N3O4. The molecule has 3 N–H and O–H groups in total. The second-order valence-corrected chi connectivity index (χ2v) is 4.22. The molecule has 7 nitrogen and oxygen atoms in total. The molecule has 0 amide bonds. The third-order valence-electron chi connectivity index (χ3n) is 3.06. The molecule has 0 bridgehead atoms. The van der Waals surface area contributed by atoms with Crippen LogP contribution in [0.4, 0.5) is 11.5 Å². The van der Waals surface area contributed by atoms with Crippen LogP contribution in [0.3, 0.4) is 0 Å². The number of carbonyl (C=O) groups excluding carboxylic acids is 1. The quantitative estimate of drug-likeness (QED) is 0.722. The number of morpholine rings is 1. The van der Waals surface area contributed by atoms with Crippen LogP contribution in [0.15, 0.2) is 12.3 Å². The van der Waals surface area contributed by atoms with E-state index in [1.54, 1.807) is 0 Å². The summed E-state index contributed by atoms with van der Waals surface area (Å²) < 4.78 is 10.1. The van der Waals surface area contributed by atoms with E-state index in [1.807, 2.05) is 4.90 Å². The average Bonchev–Trinajstić information content (AvgIpc) is 2.46. The molecule has 2 rings (SSSR count). The first-order valence-electron chi connectivity index (χ1n) is 5.96. The van der Waals surface area contributed by atoms with Gasteiger partial charge in [0, 0.05) is 6.54 Å². The predicted molar refractivity (Wildman–Crippen MR) is 69.0 cm³/mol.